The van der Waals surface area contributed by atoms with Gasteiger partial charge in [0.25, 0.3) is 5.56 Å². The van der Waals surface area contributed by atoms with Gasteiger partial charge in [0.05, 0.1) is 16.5 Å². The minimum Gasteiger partial charge on any atom is -0.381 e. The van der Waals surface area contributed by atoms with E-state index in [1.807, 2.05) is 18.2 Å². The molecule has 0 aliphatic carbocycles. The normalized spacial score (nSPS) is 14.1. The summed E-state index contributed by atoms with van der Waals surface area (Å²) in [6.07, 6.45) is -0.0405. The molecule has 0 aliphatic heterocycles. The number of aromatic amines is 1. The van der Waals surface area contributed by atoms with Gasteiger partial charge in [0.2, 0.25) is 0 Å². The molecule has 0 saturated carbocycles. The average molecular weight is 432 g/mol. The highest BCUT2D eigenvalue weighted by atomic mass is 16.3. The molecule has 2 aromatic heterocycles. The number of nitrogens with zero attached hydrogens (tertiary/aromatic N) is 1. The van der Waals surface area contributed by atoms with Crippen LogP contribution in [0.5, 0.6) is 0 Å². The fourth-order valence-electron chi connectivity index (χ4n) is 3.09. The Morgan fingerprint density at radius 1 is 1.03 bits per heavy atom. The predicted octanol–water partition coefficient (Wildman–Crippen LogP) is 3.39. The first-order valence-electron chi connectivity index (χ1n) is 10.6. The smallest absolute Gasteiger partial charge is 0.258 e. The first-order valence-corrected chi connectivity index (χ1v) is 10.6. The van der Waals surface area contributed by atoms with Gasteiger partial charge in [-0.1, -0.05) is 44.5 Å². The summed E-state index contributed by atoms with van der Waals surface area (Å²) in [4.78, 5) is 20.4. The zero-order valence-corrected chi connectivity index (χ0v) is 19.3. The van der Waals surface area contributed by atoms with Crippen molar-refractivity contribution in [1.29, 1.82) is 0 Å². The first kappa shape index (κ1) is 23.3. The monoisotopic (exact) mass is 431 g/mol. The summed E-state index contributed by atoms with van der Waals surface area (Å²) in [5.41, 5.74) is 1.36. The van der Waals surface area contributed by atoms with Crippen LogP contribution < -0.4 is 10.9 Å². The maximum Gasteiger partial charge on any atom is 0.258 e. The molecule has 1 aromatic carbocycles. The highest BCUT2D eigenvalue weighted by molar-refractivity contribution is 6.11. The van der Waals surface area contributed by atoms with Crippen molar-refractivity contribution in [2.24, 2.45) is 5.41 Å². The van der Waals surface area contributed by atoms with Crippen LogP contribution >= 0.6 is 0 Å². The predicted molar refractivity (Wildman–Crippen MR) is 130 cm³/mol. The van der Waals surface area contributed by atoms with Gasteiger partial charge in [-0.05, 0) is 44.4 Å². The third kappa shape index (κ3) is 5.11. The third-order valence-corrected chi connectivity index (χ3v) is 5.33. The Hall–Kier alpha value is -3.32. The van der Waals surface area contributed by atoms with Crippen LogP contribution in [0, 0.1) is 29.1 Å². The summed E-state index contributed by atoms with van der Waals surface area (Å²) >= 11 is 0. The van der Waals surface area contributed by atoms with Crippen molar-refractivity contribution in [2.75, 3.05) is 5.32 Å². The lowest BCUT2D eigenvalue weighted by Gasteiger charge is -2.29. The lowest BCUT2D eigenvalue weighted by Crippen LogP contribution is -2.31. The van der Waals surface area contributed by atoms with Crippen LogP contribution in [0.1, 0.15) is 52.7 Å². The van der Waals surface area contributed by atoms with Crippen LogP contribution in [-0.2, 0) is 0 Å². The Labute approximate surface area is 188 Å². The van der Waals surface area contributed by atoms with E-state index in [1.54, 1.807) is 13.8 Å². The van der Waals surface area contributed by atoms with Crippen molar-refractivity contribution < 1.29 is 10.2 Å². The number of rotatable bonds is 2. The van der Waals surface area contributed by atoms with Crippen LogP contribution in [-0.4, -0.2) is 38.4 Å². The van der Waals surface area contributed by atoms with Crippen molar-refractivity contribution in [2.45, 2.75) is 59.8 Å². The molecule has 0 radical (unpaired) electrons. The molecular weight excluding hydrogens is 402 g/mol. The Kier molecular flexibility index (Phi) is 6.60. The second-order valence-corrected chi connectivity index (χ2v) is 9.10. The zero-order chi connectivity index (χ0) is 23.6. The summed E-state index contributed by atoms with van der Waals surface area (Å²) in [5, 5.41) is 24.5. The highest BCUT2D eigenvalue weighted by Gasteiger charge is 2.22. The summed E-state index contributed by atoms with van der Waals surface area (Å²) in [7, 11) is 0. The highest BCUT2D eigenvalue weighted by Crippen LogP contribution is 2.32. The van der Waals surface area contributed by atoms with E-state index in [2.05, 4.69) is 61.7 Å². The SMILES string of the molecule is CC(Nc1nc2c(C#C[C@H](C)O)c[nH]c(=O)c2c2cc(C#C[C@@H](C)O)ccc12)C(C)(C)C. The van der Waals surface area contributed by atoms with Crippen molar-refractivity contribution >= 4 is 27.5 Å². The number of anilines is 1. The van der Waals surface area contributed by atoms with Gasteiger partial charge in [0.1, 0.15) is 18.0 Å². The summed E-state index contributed by atoms with van der Waals surface area (Å²) < 4.78 is 0. The number of fused-ring (bicyclic) bond motifs is 3. The molecule has 6 heteroatoms. The van der Waals surface area contributed by atoms with Gasteiger partial charge in [0.15, 0.2) is 0 Å². The van der Waals surface area contributed by atoms with E-state index in [9.17, 15) is 15.0 Å². The molecule has 0 spiro atoms. The lowest BCUT2D eigenvalue weighted by molar-refractivity contribution is 0.253. The largest absolute Gasteiger partial charge is 0.381 e. The molecule has 0 amide bonds. The Morgan fingerprint density at radius 2 is 1.69 bits per heavy atom. The molecule has 32 heavy (non-hydrogen) atoms. The van der Waals surface area contributed by atoms with Gasteiger partial charge in [-0.25, -0.2) is 4.98 Å². The Morgan fingerprint density at radius 3 is 2.31 bits per heavy atom. The van der Waals surface area contributed by atoms with Gasteiger partial charge in [-0.15, -0.1) is 0 Å². The van der Waals surface area contributed by atoms with Gasteiger partial charge < -0.3 is 20.5 Å². The van der Waals surface area contributed by atoms with E-state index in [1.165, 1.54) is 6.20 Å². The van der Waals surface area contributed by atoms with E-state index < -0.39 is 12.2 Å². The van der Waals surface area contributed by atoms with Crippen molar-refractivity contribution in [3.8, 4) is 23.7 Å². The van der Waals surface area contributed by atoms with E-state index in [4.69, 9.17) is 4.98 Å². The van der Waals surface area contributed by atoms with Crippen molar-refractivity contribution in [3.63, 3.8) is 0 Å². The van der Waals surface area contributed by atoms with Crippen LogP contribution in [0.2, 0.25) is 0 Å². The Bertz CT molecular complexity index is 1340. The average Bonchev–Trinajstić information content (AvgIpc) is 2.70. The van der Waals surface area contributed by atoms with Crippen LogP contribution in [0.4, 0.5) is 5.82 Å². The van der Waals surface area contributed by atoms with E-state index in [0.29, 0.717) is 33.2 Å². The number of H-pyrrole nitrogens is 1. The fourth-order valence-corrected chi connectivity index (χ4v) is 3.09. The number of nitrogens with one attached hydrogen (secondary N) is 2. The molecule has 166 valence electrons. The molecule has 1 unspecified atom stereocenters. The maximum atomic E-state index is 12.9. The molecule has 0 bridgehead atoms. The molecule has 0 fully saturated rings. The minimum atomic E-state index is -0.807. The van der Waals surface area contributed by atoms with Crippen LogP contribution in [0.3, 0.4) is 0 Å². The van der Waals surface area contributed by atoms with Crippen molar-refractivity contribution in [3.05, 3.63) is 45.9 Å². The minimum absolute atomic E-state index is 0.0191. The lowest BCUT2D eigenvalue weighted by atomic mass is 9.88. The molecule has 3 rings (SSSR count). The van der Waals surface area contributed by atoms with E-state index >= 15 is 0 Å². The second kappa shape index (κ2) is 9.04. The topological polar surface area (TPSA) is 98.2 Å². The number of benzene rings is 1. The standard InChI is InChI=1S/C26H29N3O3/c1-15(30)7-9-18-10-12-20-21(13-18)22-23(29-24(20)28-17(3)26(4,5)6)19(11-8-16(2)31)14-27-25(22)32/h10,12-17,30-31H,1-6H3,(H,27,32)(H,28,29)/t15-,16+,17?/m1/s1. The summed E-state index contributed by atoms with van der Waals surface area (Å²) in [6.45, 7) is 11.7. The number of hydrogen-bond acceptors (Lipinski definition) is 5. The first-order chi connectivity index (χ1) is 15.0. The molecule has 2 heterocycles. The van der Waals surface area contributed by atoms with Gasteiger partial charge >= 0.3 is 0 Å². The maximum absolute atomic E-state index is 12.9. The number of aliphatic hydroxyl groups excluding tert-OH is 2. The number of aliphatic hydroxyl groups is 2. The number of pyridine rings is 2. The summed E-state index contributed by atoms with van der Waals surface area (Å²) in [6, 6.07) is 5.67. The molecule has 0 aliphatic rings. The molecule has 4 N–H and O–H groups in total. The molecule has 6 nitrogen and oxygen atoms in total. The van der Waals surface area contributed by atoms with Crippen LogP contribution in [0.15, 0.2) is 29.2 Å². The number of aromatic nitrogens is 2. The van der Waals surface area contributed by atoms with Gasteiger partial charge in [-0.3, -0.25) is 4.79 Å². The quantitative estimate of drug-likeness (QED) is 0.368. The molecule has 3 atom stereocenters. The Balaban J connectivity index is 2.39. The van der Waals surface area contributed by atoms with E-state index in [0.717, 1.165) is 5.39 Å². The molecular formula is C26H29N3O3. The zero-order valence-electron chi connectivity index (χ0n) is 19.3. The summed E-state index contributed by atoms with van der Waals surface area (Å²) in [5.74, 6) is 12.0. The second-order valence-electron chi connectivity index (χ2n) is 9.10. The fraction of sp³-hybridized carbons (Fsp3) is 0.385. The van der Waals surface area contributed by atoms with Crippen molar-refractivity contribution in [1.82, 2.24) is 9.97 Å². The van der Waals surface area contributed by atoms with Crippen LogP contribution in [0.25, 0.3) is 21.7 Å². The number of hydrogen-bond donors (Lipinski definition) is 4. The third-order valence-electron chi connectivity index (χ3n) is 5.33. The van der Waals surface area contributed by atoms with Gasteiger partial charge in [0, 0.05) is 28.6 Å². The van der Waals surface area contributed by atoms with Gasteiger partial charge in [-0.2, -0.15) is 0 Å². The molecule has 3 aromatic rings. The molecule has 0 saturated heterocycles. The van der Waals surface area contributed by atoms with E-state index in [-0.39, 0.29) is 17.0 Å².